The van der Waals surface area contributed by atoms with Gasteiger partial charge in [-0.15, -0.1) is 0 Å². The predicted molar refractivity (Wildman–Crippen MR) is 83.1 cm³/mol. The van der Waals surface area contributed by atoms with Gasteiger partial charge >= 0.3 is 0 Å². The van der Waals surface area contributed by atoms with Gasteiger partial charge in [0.05, 0.1) is 0 Å². The van der Waals surface area contributed by atoms with E-state index in [2.05, 4.69) is 20.8 Å². The summed E-state index contributed by atoms with van der Waals surface area (Å²) < 4.78 is 0. The van der Waals surface area contributed by atoms with E-state index in [9.17, 15) is 0 Å². The van der Waals surface area contributed by atoms with Gasteiger partial charge in [0.1, 0.15) is 0 Å². The molecule has 0 heterocycles. The molecule has 0 heteroatoms. The van der Waals surface area contributed by atoms with Crippen molar-refractivity contribution in [2.24, 2.45) is 35.0 Å². The van der Waals surface area contributed by atoms with Crippen LogP contribution in [-0.4, -0.2) is 0 Å². The molecule has 0 amide bonds. The summed E-state index contributed by atoms with van der Waals surface area (Å²) in [5.74, 6) is 5.50. The first-order valence-corrected chi connectivity index (χ1v) is 9.04. The van der Waals surface area contributed by atoms with Gasteiger partial charge in [0.2, 0.25) is 0 Å². The summed E-state index contributed by atoms with van der Waals surface area (Å²) in [6.07, 6.45) is 15.5. The van der Waals surface area contributed by atoms with Gasteiger partial charge in [0.15, 0.2) is 0 Å². The van der Waals surface area contributed by atoms with Crippen molar-refractivity contribution in [1.82, 2.24) is 0 Å². The summed E-state index contributed by atoms with van der Waals surface area (Å²) in [6.45, 7) is 7.41. The Labute approximate surface area is 120 Å². The normalized spacial score (nSPS) is 43.4. The quantitative estimate of drug-likeness (QED) is 0.539. The fraction of sp³-hybridized carbons (Fsp3) is 1.00. The Bertz CT molecular complexity index is 276. The number of hydrogen-bond acceptors (Lipinski definition) is 0. The molecule has 0 bridgehead atoms. The summed E-state index contributed by atoms with van der Waals surface area (Å²) in [4.78, 5) is 0. The van der Waals surface area contributed by atoms with Gasteiger partial charge in [-0.3, -0.25) is 0 Å². The zero-order chi connectivity index (χ0) is 13.5. The summed E-state index contributed by atoms with van der Waals surface area (Å²) in [5, 5.41) is 0. The first-order chi connectivity index (χ1) is 9.04. The highest BCUT2D eigenvalue weighted by molar-refractivity contribution is 4.96. The van der Waals surface area contributed by atoms with Crippen molar-refractivity contribution in [2.45, 2.75) is 85.0 Å². The van der Waals surface area contributed by atoms with Crippen molar-refractivity contribution < 1.29 is 0 Å². The van der Waals surface area contributed by atoms with Crippen LogP contribution < -0.4 is 0 Å². The lowest BCUT2D eigenvalue weighted by Crippen LogP contribution is -2.44. The van der Waals surface area contributed by atoms with Crippen LogP contribution in [0.3, 0.4) is 0 Å². The lowest BCUT2D eigenvalue weighted by Gasteiger charge is -2.53. The fourth-order valence-electron chi connectivity index (χ4n) is 5.90. The first-order valence-electron chi connectivity index (χ1n) is 9.04. The van der Waals surface area contributed by atoms with Crippen LogP contribution in [0.15, 0.2) is 0 Å². The highest BCUT2D eigenvalue weighted by Gasteiger charge is 2.46. The minimum absolute atomic E-state index is 0.534. The summed E-state index contributed by atoms with van der Waals surface area (Å²) >= 11 is 0. The second-order valence-corrected chi connectivity index (χ2v) is 9.08. The Balaban J connectivity index is 1.80. The second kappa shape index (κ2) is 5.41. The van der Waals surface area contributed by atoms with Crippen LogP contribution in [0.5, 0.6) is 0 Å². The fourth-order valence-corrected chi connectivity index (χ4v) is 5.90. The number of rotatable bonds is 1. The van der Waals surface area contributed by atoms with E-state index in [4.69, 9.17) is 0 Å². The summed E-state index contributed by atoms with van der Waals surface area (Å²) in [5.41, 5.74) is 0.534. The highest BCUT2D eigenvalue weighted by Crippen LogP contribution is 2.55. The van der Waals surface area contributed by atoms with E-state index in [-0.39, 0.29) is 0 Å². The average molecular weight is 262 g/mol. The SMILES string of the molecule is CC(C)(C)CC1C2CCCCC2CC2CCCCC21. The summed E-state index contributed by atoms with van der Waals surface area (Å²) in [6, 6.07) is 0. The predicted octanol–water partition coefficient (Wildman–Crippen LogP) is 6.06. The van der Waals surface area contributed by atoms with E-state index < -0.39 is 0 Å². The van der Waals surface area contributed by atoms with Gasteiger partial charge in [0.25, 0.3) is 0 Å². The zero-order valence-corrected chi connectivity index (χ0v) is 13.5. The van der Waals surface area contributed by atoms with E-state index in [1.165, 1.54) is 32.1 Å². The van der Waals surface area contributed by atoms with Crippen molar-refractivity contribution in [1.29, 1.82) is 0 Å². The van der Waals surface area contributed by atoms with Gasteiger partial charge in [-0.25, -0.2) is 0 Å². The molecule has 0 nitrogen and oxygen atoms in total. The van der Waals surface area contributed by atoms with Crippen LogP contribution in [0.2, 0.25) is 0 Å². The van der Waals surface area contributed by atoms with Crippen molar-refractivity contribution >= 4 is 0 Å². The van der Waals surface area contributed by atoms with Gasteiger partial charge in [0, 0.05) is 0 Å². The molecule has 3 aliphatic rings. The molecule has 4 atom stereocenters. The Hall–Kier alpha value is 0. The molecule has 0 aliphatic heterocycles. The standard InChI is InChI=1S/C19H34/c1-19(2,3)13-18-16-10-6-4-8-14(16)12-15-9-5-7-11-17(15)18/h14-18H,4-13H2,1-3H3. The number of fused-ring (bicyclic) bond motifs is 2. The van der Waals surface area contributed by atoms with E-state index in [0.717, 1.165) is 29.6 Å². The Morgan fingerprint density at radius 1 is 0.737 bits per heavy atom. The molecule has 3 rings (SSSR count). The van der Waals surface area contributed by atoms with Gasteiger partial charge in [-0.1, -0.05) is 59.3 Å². The number of hydrogen-bond donors (Lipinski definition) is 0. The lowest BCUT2D eigenvalue weighted by molar-refractivity contribution is -0.0288. The van der Waals surface area contributed by atoms with Crippen LogP contribution >= 0.6 is 0 Å². The molecule has 0 radical (unpaired) electrons. The Morgan fingerprint density at radius 2 is 1.21 bits per heavy atom. The van der Waals surface area contributed by atoms with E-state index >= 15 is 0 Å². The van der Waals surface area contributed by atoms with E-state index in [1.54, 1.807) is 32.1 Å². The van der Waals surface area contributed by atoms with E-state index in [0.29, 0.717) is 5.41 Å². The van der Waals surface area contributed by atoms with E-state index in [1.807, 2.05) is 0 Å². The summed E-state index contributed by atoms with van der Waals surface area (Å²) in [7, 11) is 0. The molecule has 110 valence electrons. The van der Waals surface area contributed by atoms with Crippen molar-refractivity contribution in [2.75, 3.05) is 0 Å². The van der Waals surface area contributed by atoms with Crippen molar-refractivity contribution in [3.63, 3.8) is 0 Å². The van der Waals surface area contributed by atoms with Gasteiger partial charge in [-0.2, -0.15) is 0 Å². The van der Waals surface area contributed by atoms with Gasteiger partial charge < -0.3 is 0 Å². The molecule has 0 aromatic carbocycles. The smallest absolute Gasteiger partial charge is 0.0347 e. The molecule has 4 unspecified atom stereocenters. The maximum absolute atomic E-state index is 2.47. The molecule has 0 saturated heterocycles. The maximum Gasteiger partial charge on any atom is -0.0347 e. The zero-order valence-electron chi connectivity index (χ0n) is 13.5. The van der Waals surface area contributed by atoms with Crippen LogP contribution in [-0.2, 0) is 0 Å². The molecule has 0 aromatic rings. The highest BCUT2D eigenvalue weighted by atomic mass is 14.5. The molecule has 0 N–H and O–H groups in total. The molecule has 3 aliphatic carbocycles. The third-order valence-electron chi connectivity index (χ3n) is 6.49. The third kappa shape index (κ3) is 3.03. The molecule has 3 saturated carbocycles. The largest absolute Gasteiger partial charge is 0.0602 e. The molecule has 0 aromatic heterocycles. The maximum atomic E-state index is 2.47. The van der Waals surface area contributed by atoms with Crippen LogP contribution in [0.25, 0.3) is 0 Å². The Morgan fingerprint density at radius 3 is 1.68 bits per heavy atom. The van der Waals surface area contributed by atoms with Crippen LogP contribution in [0.1, 0.15) is 85.0 Å². The van der Waals surface area contributed by atoms with Crippen LogP contribution in [0.4, 0.5) is 0 Å². The molecule has 3 fully saturated rings. The first kappa shape index (κ1) is 14.0. The minimum atomic E-state index is 0.534. The minimum Gasteiger partial charge on any atom is -0.0602 e. The monoisotopic (exact) mass is 262 g/mol. The molecular weight excluding hydrogens is 228 g/mol. The molecule has 0 spiro atoms. The van der Waals surface area contributed by atoms with Crippen molar-refractivity contribution in [3.8, 4) is 0 Å². The molecule has 19 heavy (non-hydrogen) atoms. The second-order valence-electron chi connectivity index (χ2n) is 9.08. The Kier molecular flexibility index (Phi) is 3.98. The lowest BCUT2D eigenvalue weighted by atomic mass is 9.53. The van der Waals surface area contributed by atoms with Gasteiger partial charge in [-0.05, 0) is 60.7 Å². The van der Waals surface area contributed by atoms with Crippen molar-refractivity contribution in [3.05, 3.63) is 0 Å². The average Bonchev–Trinajstić information content (AvgIpc) is 2.37. The third-order valence-corrected chi connectivity index (χ3v) is 6.49. The topological polar surface area (TPSA) is 0 Å². The van der Waals surface area contributed by atoms with Crippen LogP contribution in [0, 0.1) is 35.0 Å². The molecular formula is C19H34.